The second-order valence-corrected chi connectivity index (χ2v) is 8.43. The van der Waals surface area contributed by atoms with Crippen molar-refractivity contribution >= 4 is 15.9 Å². The average Bonchev–Trinajstić information content (AvgIpc) is 2.71. The molecule has 0 radical (unpaired) electrons. The van der Waals surface area contributed by atoms with E-state index in [2.05, 4.69) is 6.07 Å². The van der Waals surface area contributed by atoms with Gasteiger partial charge in [0.2, 0.25) is 10.0 Å². The lowest BCUT2D eigenvalue weighted by atomic mass is 9.93. The van der Waals surface area contributed by atoms with Gasteiger partial charge in [0.1, 0.15) is 0 Å². The van der Waals surface area contributed by atoms with Crippen LogP contribution in [0.3, 0.4) is 0 Å². The van der Waals surface area contributed by atoms with Crippen molar-refractivity contribution in [3.8, 4) is 0 Å². The van der Waals surface area contributed by atoms with Crippen molar-refractivity contribution in [2.45, 2.75) is 34.1 Å². The number of hydrogen-bond donors (Lipinski definition) is 0. The van der Waals surface area contributed by atoms with Gasteiger partial charge in [-0.25, -0.2) is 12.7 Å². The van der Waals surface area contributed by atoms with Gasteiger partial charge in [0.05, 0.1) is 6.26 Å². The van der Waals surface area contributed by atoms with Crippen molar-refractivity contribution < 1.29 is 13.2 Å². The molecule has 5 nitrogen and oxygen atoms in total. The third-order valence-electron chi connectivity index (χ3n) is 4.79. The topological polar surface area (TPSA) is 57.7 Å². The normalized spacial score (nSPS) is 17.2. The summed E-state index contributed by atoms with van der Waals surface area (Å²) in [5.41, 5.74) is 5.04. The van der Waals surface area contributed by atoms with E-state index in [1.54, 1.807) is 4.90 Å². The van der Waals surface area contributed by atoms with Gasteiger partial charge in [0.25, 0.3) is 5.91 Å². The maximum Gasteiger partial charge on any atom is 0.254 e. The summed E-state index contributed by atoms with van der Waals surface area (Å²) in [6, 6.07) is 2.11. The van der Waals surface area contributed by atoms with E-state index in [0.29, 0.717) is 32.6 Å². The largest absolute Gasteiger partial charge is 0.337 e. The molecule has 1 fully saturated rings. The van der Waals surface area contributed by atoms with Gasteiger partial charge in [-0.05, 0) is 56.4 Å². The molecule has 1 aliphatic rings. The molecule has 0 aromatic heterocycles. The molecule has 0 aliphatic carbocycles. The van der Waals surface area contributed by atoms with E-state index in [1.165, 1.54) is 10.6 Å². The lowest BCUT2D eigenvalue weighted by Gasteiger charge is -2.24. The van der Waals surface area contributed by atoms with Crippen LogP contribution in [0, 0.1) is 27.7 Å². The lowest BCUT2D eigenvalue weighted by Crippen LogP contribution is -2.37. The maximum absolute atomic E-state index is 13.0. The van der Waals surface area contributed by atoms with Crippen LogP contribution in [-0.2, 0) is 10.0 Å². The van der Waals surface area contributed by atoms with Crippen LogP contribution in [0.1, 0.15) is 39.0 Å². The smallest absolute Gasteiger partial charge is 0.254 e. The predicted octanol–water partition coefficient (Wildman–Crippen LogP) is 2.03. The van der Waals surface area contributed by atoms with Gasteiger partial charge in [-0.3, -0.25) is 4.79 Å². The summed E-state index contributed by atoms with van der Waals surface area (Å²) in [6.07, 6.45) is 1.89. The van der Waals surface area contributed by atoms with Crippen LogP contribution in [0.4, 0.5) is 0 Å². The monoisotopic (exact) mass is 338 g/mol. The molecular formula is C17H26N2O3S. The summed E-state index contributed by atoms with van der Waals surface area (Å²) < 4.78 is 24.9. The van der Waals surface area contributed by atoms with Crippen molar-refractivity contribution in [3.63, 3.8) is 0 Å². The Kier molecular flexibility index (Phi) is 5.16. The number of sulfonamides is 1. The first-order chi connectivity index (χ1) is 10.6. The standard InChI is InChI=1S/C17H26N2O3S/c1-12-11-13(2)15(4)16(14(12)3)17(20)18-7-6-8-19(10-9-18)23(5,21)22/h11H,6-10H2,1-5H3. The summed E-state index contributed by atoms with van der Waals surface area (Å²) in [4.78, 5) is 14.8. The van der Waals surface area contributed by atoms with Crippen molar-refractivity contribution in [1.29, 1.82) is 0 Å². The summed E-state index contributed by atoms with van der Waals surface area (Å²) >= 11 is 0. The Labute approximate surface area is 139 Å². The molecule has 1 amide bonds. The molecule has 0 bridgehead atoms. The van der Waals surface area contributed by atoms with Crippen molar-refractivity contribution in [3.05, 3.63) is 33.9 Å². The van der Waals surface area contributed by atoms with Gasteiger partial charge in [0, 0.05) is 31.7 Å². The van der Waals surface area contributed by atoms with Crippen molar-refractivity contribution in [2.24, 2.45) is 0 Å². The van der Waals surface area contributed by atoms with E-state index in [4.69, 9.17) is 0 Å². The average molecular weight is 338 g/mol. The molecule has 1 aliphatic heterocycles. The van der Waals surface area contributed by atoms with E-state index in [1.807, 2.05) is 27.7 Å². The molecule has 0 spiro atoms. The number of amides is 1. The Morgan fingerprint density at radius 2 is 1.52 bits per heavy atom. The molecule has 1 heterocycles. The summed E-state index contributed by atoms with van der Waals surface area (Å²) in [6.45, 7) is 9.89. The molecule has 1 aromatic carbocycles. The molecule has 128 valence electrons. The minimum absolute atomic E-state index is 0.0159. The van der Waals surface area contributed by atoms with Crippen LogP contribution < -0.4 is 0 Å². The first kappa shape index (κ1) is 17.9. The summed E-state index contributed by atoms with van der Waals surface area (Å²) in [7, 11) is -3.20. The Bertz CT molecular complexity index is 700. The van der Waals surface area contributed by atoms with Crippen LogP contribution in [0.15, 0.2) is 6.07 Å². The zero-order valence-electron chi connectivity index (χ0n) is 14.6. The molecule has 0 saturated carbocycles. The number of aryl methyl sites for hydroxylation is 2. The predicted molar refractivity (Wildman–Crippen MR) is 92.3 cm³/mol. The Morgan fingerprint density at radius 3 is 2.04 bits per heavy atom. The second-order valence-electron chi connectivity index (χ2n) is 6.44. The molecule has 0 atom stereocenters. The van der Waals surface area contributed by atoms with Crippen LogP contribution >= 0.6 is 0 Å². The summed E-state index contributed by atoms with van der Waals surface area (Å²) in [5.74, 6) is 0.0159. The van der Waals surface area contributed by atoms with Gasteiger partial charge in [0.15, 0.2) is 0 Å². The van der Waals surface area contributed by atoms with Gasteiger partial charge in [-0.15, -0.1) is 0 Å². The van der Waals surface area contributed by atoms with Crippen molar-refractivity contribution in [1.82, 2.24) is 9.21 Å². The first-order valence-electron chi connectivity index (χ1n) is 7.94. The third-order valence-corrected chi connectivity index (χ3v) is 6.09. The molecular weight excluding hydrogens is 312 g/mol. The molecule has 6 heteroatoms. The fourth-order valence-electron chi connectivity index (χ4n) is 3.12. The highest BCUT2D eigenvalue weighted by atomic mass is 32.2. The van der Waals surface area contributed by atoms with Gasteiger partial charge >= 0.3 is 0 Å². The Morgan fingerprint density at radius 1 is 0.957 bits per heavy atom. The molecule has 0 unspecified atom stereocenters. The number of carbonyl (C=O) groups excluding carboxylic acids is 1. The molecule has 1 aromatic rings. The quantitative estimate of drug-likeness (QED) is 0.829. The van der Waals surface area contributed by atoms with Crippen LogP contribution in [0.2, 0.25) is 0 Å². The number of carbonyl (C=O) groups is 1. The Balaban J connectivity index is 2.29. The maximum atomic E-state index is 13.0. The van der Waals surface area contributed by atoms with Gasteiger partial charge in [-0.2, -0.15) is 0 Å². The number of hydrogen-bond acceptors (Lipinski definition) is 3. The third kappa shape index (κ3) is 3.75. The summed E-state index contributed by atoms with van der Waals surface area (Å²) in [5, 5.41) is 0. The van der Waals surface area contributed by atoms with E-state index in [-0.39, 0.29) is 5.91 Å². The first-order valence-corrected chi connectivity index (χ1v) is 9.79. The molecule has 23 heavy (non-hydrogen) atoms. The fraction of sp³-hybridized carbons (Fsp3) is 0.588. The molecule has 0 N–H and O–H groups in total. The van der Waals surface area contributed by atoms with E-state index < -0.39 is 10.0 Å². The number of rotatable bonds is 2. The van der Waals surface area contributed by atoms with Gasteiger partial charge < -0.3 is 4.90 Å². The lowest BCUT2D eigenvalue weighted by molar-refractivity contribution is 0.0762. The highest BCUT2D eigenvalue weighted by Gasteiger charge is 2.26. The van der Waals surface area contributed by atoms with Crippen LogP contribution in [-0.4, -0.2) is 56.0 Å². The van der Waals surface area contributed by atoms with Crippen LogP contribution in [0.25, 0.3) is 0 Å². The van der Waals surface area contributed by atoms with E-state index in [9.17, 15) is 13.2 Å². The number of nitrogens with zero attached hydrogens (tertiary/aromatic N) is 2. The number of benzene rings is 1. The van der Waals surface area contributed by atoms with Crippen LogP contribution in [0.5, 0.6) is 0 Å². The zero-order valence-corrected chi connectivity index (χ0v) is 15.5. The van der Waals surface area contributed by atoms with E-state index in [0.717, 1.165) is 27.8 Å². The fourth-order valence-corrected chi connectivity index (χ4v) is 4.00. The van der Waals surface area contributed by atoms with Gasteiger partial charge in [-0.1, -0.05) is 6.07 Å². The Hall–Kier alpha value is -1.40. The zero-order chi connectivity index (χ0) is 17.4. The molecule has 2 rings (SSSR count). The SMILES string of the molecule is Cc1cc(C)c(C)c(C(=O)N2CCCN(S(C)(=O)=O)CC2)c1C. The van der Waals surface area contributed by atoms with Crippen molar-refractivity contribution in [2.75, 3.05) is 32.4 Å². The minimum atomic E-state index is -3.20. The highest BCUT2D eigenvalue weighted by Crippen LogP contribution is 2.23. The minimum Gasteiger partial charge on any atom is -0.337 e. The highest BCUT2D eigenvalue weighted by molar-refractivity contribution is 7.88. The molecule has 1 saturated heterocycles. The van der Waals surface area contributed by atoms with E-state index >= 15 is 0 Å². The second kappa shape index (κ2) is 6.61.